The second kappa shape index (κ2) is 18.3. The van der Waals surface area contributed by atoms with Gasteiger partial charge in [0.1, 0.15) is 23.0 Å². The van der Waals surface area contributed by atoms with Crippen LogP contribution in [0.1, 0.15) is 114 Å². The Bertz CT molecular complexity index is 2000. The zero-order chi connectivity index (χ0) is 38.1. The van der Waals surface area contributed by atoms with E-state index in [2.05, 4.69) is 135 Å². The molecule has 0 saturated heterocycles. The summed E-state index contributed by atoms with van der Waals surface area (Å²) in [6.07, 6.45) is 15.9. The smallest absolute Gasteiger partial charge is 0.230 e. The molecule has 0 radical (unpaired) electrons. The van der Waals surface area contributed by atoms with Crippen LogP contribution >= 0.6 is 0 Å². The largest absolute Gasteiger partial charge is 0.458 e. The number of hydrogen-bond acceptors (Lipinski definition) is 4. The highest BCUT2D eigenvalue weighted by atomic mass is 16.7. The Morgan fingerprint density at radius 3 is 1.20 bits per heavy atom. The average molecular weight is 747 g/mol. The summed E-state index contributed by atoms with van der Waals surface area (Å²) in [5.41, 5.74) is 4.81. The highest BCUT2D eigenvalue weighted by Crippen LogP contribution is 2.46. The lowest BCUT2D eigenvalue weighted by Crippen LogP contribution is -2.13. The van der Waals surface area contributed by atoms with Crippen LogP contribution in [0.4, 0.5) is 0 Å². The Balaban J connectivity index is 0.986. The van der Waals surface area contributed by atoms with Crippen molar-refractivity contribution in [1.82, 2.24) is 0 Å². The van der Waals surface area contributed by atoms with E-state index in [4.69, 9.17) is 18.9 Å². The van der Waals surface area contributed by atoms with Crippen LogP contribution in [0.25, 0.3) is 32.7 Å². The summed E-state index contributed by atoms with van der Waals surface area (Å²) in [6, 6.07) is 42.7. The molecule has 0 spiro atoms. The first-order valence-electron chi connectivity index (χ1n) is 21.4. The van der Waals surface area contributed by atoms with Crippen molar-refractivity contribution >= 4 is 21.5 Å². The van der Waals surface area contributed by atoms with Gasteiger partial charge in [0.25, 0.3) is 0 Å². The Hall–Kier alpha value is -4.96. The maximum Gasteiger partial charge on any atom is 0.230 e. The van der Waals surface area contributed by atoms with Crippen LogP contribution in [0.5, 0.6) is 23.0 Å². The molecule has 0 heterocycles. The minimum atomic E-state index is 0.0903. The van der Waals surface area contributed by atoms with E-state index >= 15 is 0 Å². The fraction of sp³-hybridized carbons (Fsp3) is 0.385. The molecular formula is C52H58O4. The molecular weight excluding hydrogens is 689 g/mol. The summed E-state index contributed by atoms with van der Waals surface area (Å²) in [5.74, 6) is 6.24. The molecule has 2 aliphatic carbocycles. The molecule has 0 N–H and O–H groups in total. The number of hydrogen-bond donors (Lipinski definition) is 0. The lowest BCUT2D eigenvalue weighted by Gasteiger charge is -2.28. The predicted molar refractivity (Wildman–Crippen MR) is 231 cm³/mol. The lowest BCUT2D eigenvalue weighted by atomic mass is 9.77. The van der Waals surface area contributed by atoms with Crippen molar-refractivity contribution in [2.45, 2.75) is 103 Å². The highest BCUT2D eigenvalue weighted by molar-refractivity contribution is 6.09. The molecule has 6 aromatic rings. The van der Waals surface area contributed by atoms with E-state index in [0.29, 0.717) is 11.8 Å². The van der Waals surface area contributed by atoms with Gasteiger partial charge in [-0.05, 0) is 144 Å². The zero-order valence-corrected chi connectivity index (χ0v) is 33.4. The van der Waals surface area contributed by atoms with Gasteiger partial charge in [-0.2, -0.15) is 0 Å². The van der Waals surface area contributed by atoms with Crippen LogP contribution in [0.15, 0.2) is 121 Å². The molecule has 290 valence electrons. The van der Waals surface area contributed by atoms with Crippen LogP contribution in [-0.2, 0) is 0 Å². The average Bonchev–Trinajstić information content (AvgIpc) is 3.25. The van der Waals surface area contributed by atoms with Crippen molar-refractivity contribution in [3.8, 4) is 34.1 Å². The molecule has 2 saturated carbocycles. The van der Waals surface area contributed by atoms with Gasteiger partial charge in [0.15, 0.2) is 0 Å². The third-order valence-electron chi connectivity index (χ3n) is 12.7. The van der Waals surface area contributed by atoms with Gasteiger partial charge in [-0.25, -0.2) is 0 Å². The third kappa shape index (κ3) is 8.86. The molecule has 0 atom stereocenters. The first-order chi connectivity index (χ1) is 27.7. The maximum atomic E-state index is 6.53. The van der Waals surface area contributed by atoms with Crippen LogP contribution in [-0.4, -0.2) is 13.6 Å². The number of rotatable bonds is 15. The zero-order valence-electron chi connectivity index (χ0n) is 33.4. The molecule has 0 amide bonds. The van der Waals surface area contributed by atoms with Gasteiger partial charge in [0.2, 0.25) is 13.6 Å². The summed E-state index contributed by atoms with van der Waals surface area (Å²) < 4.78 is 25.5. The van der Waals surface area contributed by atoms with E-state index in [-0.39, 0.29) is 13.6 Å². The number of ether oxygens (including phenoxy) is 4. The minimum Gasteiger partial charge on any atom is -0.458 e. The monoisotopic (exact) mass is 746 g/mol. The van der Waals surface area contributed by atoms with E-state index in [1.165, 1.54) is 88.2 Å². The Morgan fingerprint density at radius 1 is 0.411 bits per heavy atom. The number of benzene rings is 6. The Morgan fingerprint density at radius 2 is 0.804 bits per heavy atom. The van der Waals surface area contributed by atoms with Crippen LogP contribution < -0.4 is 18.9 Å². The molecule has 6 aromatic carbocycles. The van der Waals surface area contributed by atoms with E-state index in [0.717, 1.165) is 67.5 Å². The van der Waals surface area contributed by atoms with Crippen molar-refractivity contribution in [3.63, 3.8) is 0 Å². The van der Waals surface area contributed by atoms with Crippen molar-refractivity contribution in [3.05, 3.63) is 132 Å². The normalized spacial score (nSPS) is 19.8. The van der Waals surface area contributed by atoms with E-state index in [1.807, 2.05) is 0 Å². The molecule has 0 aromatic heterocycles. The van der Waals surface area contributed by atoms with E-state index < -0.39 is 0 Å². The van der Waals surface area contributed by atoms with Gasteiger partial charge < -0.3 is 18.9 Å². The second-order valence-electron chi connectivity index (χ2n) is 16.3. The third-order valence-corrected chi connectivity index (χ3v) is 12.7. The first kappa shape index (κ1) is 37.9. The molecule has 8 rings (SSSR count). The number of fused-ring (bicyclic) bond motifs is 2. The topological polar surface area (TPSA) is 36.9 Å². The summed E-state index contributed by atoms with van der Waals surface area (Å²) in [7, 11) is 0. The van der Waals surface area contributed by atoms with Gasteiger partial charge in [0, 0.05) is 11.1 Å². The SMILES string of the molecule is CCCC1CCC(c2ccc(OCOc3ccc4ccccc4c3-c3c(OCOc4ccc(C5CCC(CCC)CC5)cc4)ccc4ccccc34)cc2)CC1. The quantitative estimate of drug-likeness (QED) is 0.0981. The molecule has 2 fully saturated rings. The maximum absolute atomic E-state index is 6.53. The Labute approximate surface area is 334 Å². The first-order valence-corrected chi connectivity index (χ1v) is 21.4. The molecule has 4 heteroatoms. The fourth-order valence-corrected chi connectivity index (χ4v) is 9.64. The van der Waals surface area contributed by atoms with Crippen LogP contribution in [0.2, 0.25) is 0 Å². The second-order valence-corrected chi connectivity index (χ2v) is 16.3. The van der Waals surface area contributed by atoms with Crippen molar-refractivity contribution in [1.29, 1.82) is 0 Å². The van der Waals surface area contributed by atoms with Gasteiger partial charge in [-0.1, -0.05) is 124 Å². The van der Waals surface area contributed by atoms with Crippen molar-refractivity contribution in [2.75, 3.05) is 13.6 Å². The predicted octanol–water partition coefficient (Wildman–Crippen LogP) is 14.6. The van der Waals surface area contributed by atoms with Gasteiger partial charge in [-0.3, -0.25) is 0 Å². The Kier molecular flexibility index (Phi) is 12.4. The molecule has 0 aliphatic heterocycles. The molecule has 0 bridgehead atoms. The summed E-state index contributed by atoms with van der Waals surface area (Å²) in [4.78, 5) is 0. The molecule has 4 nitrogen and oxygen atoms in total. The molecule has 2 aliphatic rings. The minimum absolute atomic E-state index is 0.0903. The van der Waals surface area contributed by atoms with Gasteiger partial charge in [-0.15, -0.1) is 0 Å². The summed E-state index contributed by atoms with van der Waals surface area (Å²) in [6.45, 7) is 4.79. The fourth-order valence-electron chi connectivity index (χ4n) is 9.64. The lowest BCUT2D eigenvalue weighted by molar-refractivity contribution is 0.118. The molecule has 0 unspecified atom stereocenters. The highest BCUT2D eigenvalue weighted by Gasteiger charge is 2.24. The van der Waals surface area contributed by atoms with Crippen LogP contribution in [0, 0.1) is 11.8 Å². The standard InChI is InChI=1S/C52H58O4/c1-3-9-37-15-19-39(20-16-37)41-23-29-45(30-24-41)53-35-55-49-33-27-43-11-5-7-13-47(43)51(49)52-48-14-8-6-12-44(48)28-34-50(52)56-36-54-46-31-25-42(26-32-46)40-21-17-38(10-4-2)18-22-40/h5-8,11-14,23-34,37-40H,3-4,9-10,15-22,35-36H2,1-2H3. The van der Waals surface area contributed by atoms with E-state index in [1.54, 1.807) is 0 Å². The van der Waals surface area contributed by atoms with E-state index in [9.17, 15) is 0 Å². The summed E-state index contributed by atoms with van der Waals surface area (Å²) in [5, 5.41) is 4.43. The van der Waals surface area contributed by atoms with Crippen molar-refractivity contribution < 1.29 is 18.9 Å². The molecule has 56 heavy (non-hydrogen) atoms. The van der Waals surface area contributed by atoms with Crippen LogP contribution in [0.3, 0.4) is 0 Å². The van der Waals surface area contributed by atoms with Crippen molar-refractivity contribution in [2.24, 2.45) is 11.8 Å². The van der Waals surface area contributed by atoms with Gasteiger partial charge in [0.05, 0.1) is 0 Å². The van der Waals surface area contributed by atoms with Gasteiger partial charge >= 0.3 is 0 Å². The summed E-state index contributed by atoms with van der Waals surface area (Å²) >= 11 is 0.